The van der Waals surface area contributed by atoms with Crippen molar-refractivity contribution in [3.8, 4) is 0 Å². The van der Waals surface area contributed by atoms with E-state index >= 15 is 0 Å². The zero-order valence-electron chi connectivity index (χ0n) is 9.28. The van der Waals surface area contributed by atoms with Crippen LogP contribution in [0, 0.1) is 10.1 Å². The third-order valence-corrected chi connectivity index (χ3v) is 2.68. The van der Waals surface area contributed by atoms with Crippen molar-refractivity contribution in [2.75, 3.05) is 0 Å². The summed E-state index contributed by atoms with van der Waals surface area (Å²) in [5.41, 5.74) is 1.13. The molecule has 0 aliphatic carbocycles. The molecule has 2 aromatic rings. The summed E-state index contributed by atoms with van der Waals surface area (Å²) in [6.07, 6.45) is 3.15. The number of hydrogen-bond donors (Lipinski definition) is 1. The van der Waals surface area contributed by atoms with Crippen LogP contribution in [-0.2, 0) is 13.2 Å². The summed E-state index contributed by atoms with van der Waals surface area (Å²) in [6.45, 7) is 0.149. The van der Waals surface area contributed by atoms with Crippen molar-refractivity contribution in [3.63, 3.8) is 0 Å². The number of nitro groups is 1. The summed E-state index contributed by atoms with van der Waals surface area (Å²) in [5, 5.41) is 24.1. The molecule has 0 unspecified atom stereocenters. The van der Waals surface area contributed by atoms with Crippen LogP contribution in [0.4, 0.5) is 5.69 Å². The van der Waals surface area contributed by atoms with E-state index in [4.69, 9.17) is 16.7 Å². The summed E-state index contributed by atoms with van der Waals surface area (Å²) >= 11 is 5.73. The molecule has 0 fully saturated rings. The fraction of sp³-hybridized carbons (Fsp3) is 0.182. The predicted octanol–water partition coefficient (Wildman–Crippen LogP) is 1.99. The Morgan fingerprint density at radius 1 is 1.50 bits per heavy atom. The monoisotopic (exact) mass is 267 g/mol. The van der Waals surface area contributed by atoms with E-state index in [1.807, 2.05) is 0 Å². The average Bonchev–Trinajstić information content (AvgIpc) is 2.79. The van der Waals surface area contributed by atoms with Gasteiger partial charge >= 0.3 is 0 Å². The van der Waals surface area contributed by atoms with E-state index in [2.05, 4.69) is 5.10 Å². The molecule has 0 aliphatic rings. The molecule has 1 aromatic heterocycles. The summed E-state index contributed by atoms with van der Waals surface area (Å²) in [4.78, 5) is 10.4. The Hall–Kier alpha value is -1.92. The van der Waals surface area contributed by atoms with Gasteiger partial charge in [-0.05, 0) is 12.1 Å². The molecule has 7 heteroatoms. The highest BCUT2D eigenvalue weighted by molar-refractivity contribution is 6.30. The Morgan fingerprint density at radius 2 is 2.28 bits per heavy atom. The van der Waals surface area contributed by atoms with Gasteiger partial charge in [0.15, 0.2) is 0 Å². The Kier molecular flexibility index (Phi) is 3.59. The number of aromatic nitrogens is 2. The van der Waals surface area contributed by atoms with Gasteiger partial charge in [0, 0.05) is 22.8 Å². The van der Waals surface area contributed by atoms with Gasteiger partial charge in [-0.3, -0.25) is 14.8 Å². The van der Waals surface area contributed by atoms with Crippen LogP contribution in [0.5, 0.6) is 0 Å². The van der Waals surface area contributed by atoms with Crippen molar-refractivity contribution in [3.05, 3.63) is 56.9 Å². The third-order valence-electron chi connectivity index (χ3n) is 2.45. The van der Waals surface area contributed by atoms with Crippen LogP contribution in [0.2, 0.25) is 5.02 Å². The second kappa shape index (κ2) is 5.16. The van der Waals surface area contributed by atoms with Gasteiger partial charge in [0.2, 0.25) is 0 Å². The fourth-order valence-corrected chi connectivity index (χ4v) is 1.76. The van der Waals surface area contributed by atoms with E-state index in [0.29, 0.717) is 16.1 Å². The number of rotatable bonds is 4. The fourth-order valence-electron chi connectivity index (χ4n) is 1.59. The van der Waals surface area contributed by atoms with Gasteiger partial charge in [0.25, 0.3) is 5.69 Å². The summed E-state index contributed by atoms with van der Waals surface area (Å²) in [6, 6.07) is 4.51. The highest BCUT2D eigenvalue weighted by Crippen LogP contribution is 2.23. The van der Waals surface area contributed by atoms with Crippen molar-refractivity contribution >= 4 is 17.3 Å². The molecule has 0 saturated carbocycles. The molecule has 0 radical (unpaired) electrons. The first-order valence-electron chi connectivity index (χ1n) is 5.15. The van der Waals surface area contributed by atoms with Crippen molar-refractivity contribution in [2.24, 2.45) is 0 Å². The first-order chi connectivity index (χ1) is 8.60. The molecule has 0 spiro atoms. The van der Waals surface area contributed by atoms with Gasteiger partial charge in [-0.25, -0.2) is 0 Å². The number of benzene rings is 1. The average molecular weight is 268 g/mol. The Morgan fingerprint density at radius 3 is 2.89 bits per heavy atom. The maximum atomic E-state index is 10.9. The van der Waals surface area contributed by atoms with Crippen LogP contribution in [0.25, 0.3) is 0 Å². The summed E-state index contributed by atoms with van der Waals surface area (Å²) in [5.74, 6) is 0. The molecule has 1 aromatic carbocycles. The minimum Gasteiger partial charge on any atom is -0.392 e. The molecule has 0 bridgehead atoms. The lowest BCUT2D eigenvalue weighted by Crippen LogP contribution is -2.03. The van der Waals surface area contributed by atoms with Gasteiger partial charge in [0.05, 0.1) is 29.8 Å². The molecule has 6 nitrogen and oxygen atoms in total. The second-order valence-corrected chi connectivity index (χ2v) is 4.17. The number of nitro benzene ring substituents is 1. The molecule has 1 heterocycles. The van der Waals surface area contributed by atoms with Crippen LogP contribution >= 0.6 is 11.6 Å². The van der Waals surface area contributed by atoms with Crippen molar-refractivity contribution in [1.82, 2.24) is 9.78 Å². The van der Waals surface area contributed by atoms with E-state index in [1.54, 1.807) is 18.3 Å². The predicted molar refractivity (Wildman–Crippen MR) is 65.4 cm³/mol. The maximum absolute atomic E-state index is 10.9. The lowest BCUT2D eigenvalue weighted by molar-refractivity contribution is -0.385. The van der Waals surface area contributed by atoms with E-state index in [-0.39, 0.29) is 18.8 Å². The van der Waals surface area contributed by atoms with Gasteiger partial charge in [0.1, 0.15) is 0 Å². The highest BCUT2D eigenvalue weighted by Gasteiger charge is 2.14. The standard InChI is InChI=1S/C11H10ClN3O3/c12-10-2-1-9(11(3-10)15(17)18)6-14-5-8(7-16)4-13-14/h1-5,16H,6-7H2. The van der Waals surface area contributed by atoms with E-state index in [9.17, 15) is 10.1 Å². The van der Waals surface area contributed by atoms with Crippen LogP contribution in [-0.4, -0.2) is 19.8 Å². The Labute approximate surface area is 108 Å². The molecule has 0 aliphatic heterocycles. The van der Waals surface area contributed by atoms with Crippen molar-refractivity contribution in [2.45, 2.75) is 13.2 Å². The van der Waals surface area contributed by atoms with Crippen LogP contribution < -0.4 is 0 Å². The maximum Gasteiger partial charge on any atom is 0.275 e. The van der Waals surface area contributed by atoms with Crippen LogP contribution in [0.3, 0.4) is 0 Å². The topological polar surface area (TPSA) is 81.2 Å². The van der Waals surface area contributed by atoms with E-state index in [0.717, 1.165) is 0 Å². The number of halogens is 1. The van der Waals surface area contributed by atoms with E-state index in [1.165, 1.54) is 16.9 Å². The smallest absolute Gasteiger partial charge is 0.275 e. The molecule has 2 rings (SSSR count). The lowest BCUT2D eigenvalue weighted by atomic mass is 10.2. The van der Waals surface area contributed by atoms with Crippen molar-refractivity contribution in [1.29, 1.82) is 0 Å². The molecule has 18 heavy (non-hydrogen) atoms. The normalized spacial score (nSPS) is 10.6. The number of hydrogen-bond acceptors (Lipinski definition) is 4. The quantitative estimate of drug-likeness (QED) is 0.678. The minimum absolute atomic E-state index is 0.0384. The highest BCUT2D eigenvalue weighted by atomic mass is 35.5. The molecule has 0 atom stereocenters. The Bertz CT molecular complexity index is 583. The van der Waals surface area contributed by atoms with Gasteiger partial charge in [-0.2, -0.15) is 5.10 Å². The lowest BCUT2D eigenvalue weighted by Gasteiger charge is -2.03. The van der Waals surface area contributed by atoms with Crippen molar-refractivity contribution < 1.29 is 10.0 Å². The Balaban J connectivity index is 2.30. The van der Waals surface area contributed by atoms with Crippen LogP contribution in [0.15, 0.2) is 30.6 Å². The zero-order valence-corrected chi connectivity index (χ0v) is 10.0. The van der Waals surface area contributed by atoms with Crippen LogP contribution in [0.1, 0.15) is 11.1 Å². The second-order valence-electron chi connectivity index (χ2n) is 3.73. The van der Waals surface area contributed by atoms with Gasteiger partial charge in [-0.1, -0.05) is 11.6 Å². The molecular formula is C11H10ClN3O3. The molecule has 0 amide bonds. The SMILES string of the molecule is O=[N+]([O-])c1cc(Cl)ccc1Cn1cc(CO)cn1. The summed E-state index contributed by atoms with van der Waals surface area (Å²) < 4.78 is 1.53. The number of aliphatic hydroxyl groups excluding tert-OH is 1. The first-order valence-corrected chi connectivity index (χ1v) is 5.53. The van der Waals surface area contributed by atoms with E-state index < -0.39 is 4.92 Å². The summed E-state index contributed by atoms with van der Waals surface area (Å²) in [7, 11) is 0. The van der Waals surface area contributed by atoms with Gasteiger partial charge in [-0.15, -0.1) is 0 Å². The minimum atomic E-state index is -0.475. The molecule has 1 N–H and O–H groups in total. The molecule has 0 saturated heterocycles. The first kappa shape index (κ1) is 12.5. The number of nitrogens with zero attached hydrogens (tertiary/aromatic N) is 3. The molecular weight excluding hydrogens is 258 g/mol. The van der Waals surface area contributed by atoms with Gasteiger partial charge < -0.3 is 5.11 Å². The largest absolute Gasteiger partial charge is 0.392 e. The molecule has 94 valence electrons. The number of aliphatic hydroxyl groups is 1. The third kappa shape index (κ3) is 2.66. The zero-order chi connectivity index (χ0) is 13.1.